The van der Waals surface area contributed by atoms with E-state index in [1.807, 2.05) is 0 Å². The molecule has 0 radical (unpaired) electrons. The van der Waals surface area contributed by atoms with Crippen LogP contribution in [0.3, 0.4) is 0 Å². The van der Waals surface area contributed by atoms with E-state index in [0.717, 1.165) is 5.57 Å². The minimum absolute atomic E-state index is 0.0921. The zero-order valence-corrected chi connectivity index (χ0v) is 5.99. The first kappa shape index (κ1) is 8.59. The summed E-state index contributed by atoms with van der Waals surface area (Å²) in [6.07, 6.45) is -2.36. The molecule has 1 fully saturated rings. The molecule has 1 aliphatic rings. The predicted octanol–water partition coefficient (Wildman–Crippen LogP) is 1.99. The molecule has 0 aliphatic heterocycles. The summed E-state index contributed by atoms with van der Waals surface area (Å²) in [6, 6.07) is 0.0921. The molecule has 0 amide bonds. The number of alkyl halides is 3. The summed E-state index contributed by atoms with van der Waals surface area (Å²) >= 11 is 0. The van der Waals surface area contributed by atoms with Gasteiger partial charge in [-0.05, 0) is 12.8 Å². The van der Waals surface area contributed by atoms with E-state index >= 15 is 0 Å². The molecular formula is C7H10F3N. The molecule has 11 heavy (non-hydrogen) atoms. The molecule has 0 atom stereocenters. The van der Waals surface area contributed by atoms with Gasteiger partial charge in [0.2, 0.25) is 0 Å². The van der Waals surface area contributed by atoms with Crippen LogP contribution in [0.2, 0.25) is 0 Å². The lowest BCUT2D eigenvalue weighted by atomic mass is 9.86. The monoisotopic (exact) mass is 165 g/mol. The van der Waals surface area contributed by atoms with E-state index in [4.69, 9.17) is 5.73 Å². The zero-order valence-electron chi connectivity index (χ0n) is 5.99. The van der Waals surface area contributed by atoms with Crippen molar-refractivity contribution >= 4 is 0 Å². The Hall–Kier alpha value is -0.510. The molecule has 0 aromatic carbocycles. The summed E-state index contributed by atoms with van der Waals surface area (Å²) in [5.74, 6) is 0. The first-order chi connectivity index (χ1) is 4.97. The summed E-state index contributed by atoms with van der Waals surface area (Å²) in [6.45, 7) is 0. The number of allylic oxidation sites excluding steroid dienone is 1. The summed E-state index contributed by atoms with van der Waals surface area (Å²) in [5, 5.41) is 0. The molecule has 0 aromatic heterocycles. The van der Waals surface area contributed by atoms with Crippen molar-refractivity contribution in [3.05, 3.63) is 11.6 Å². The number of hydrogen-bond acceptors (Lipinski definition) is 1. The molecule has 0 heterocycles. The molecule has 0 spiro atoms. The van der Waals surface area contributed by atoms with Crippen LogP contribution in [0.25, 0.3) is 0 Å². The number of hydrogen-bond donors (Lipinski definition) is 1. The summed E-state index contributed by atoms with van der Waals surface area (Å²) in [5.41, 5.74) is 6.23. The molecule has 1 rings (SSSR count). The van der Waals surface area contributed by atoms with E-state index in [2.05, 4.69) is 0 Å². The average Bonchev–Trinajstić information content (AvgIpc) is 1.75. The van der Waals surface area contributed by atoms with Crippen LogP contribution in [0, 0.1) is 0 Å². The topological polar surface area (TPSA) is 26.0 Å². The van der Waals surface area contributed by atoms with Crippen molar-refractivity contribution in [1.82, 2.24) is 0 Å². The van der Waals surface area contributed by atoms with E-state index in [-0.39, 0.29) is 6.04 Å². The first-order valence-electron chi connectivity index (χ1n) is 3.47. The highest BCUT2D eigenvalue weighted by Crippen LogP contribution is 2.28. The van der Waals surface area contributed by atoms with Crippen molar-refractivity contribution < 1.29 is 13.2 Å². The van der Waals surface area contributed by atoms with E-state index in [0.29, 0.717) is 12.8 Å². The molecule has 64 valence electrons. The van der Waals surface area contributed by atoms with Gasteiger partial charge >= 0.3 is 6.18 Å². The second kappa shape index (κ2) is 2.85. The van der Waals surface area contributed by atoms with Crippen LogP contribution in [0.4, 0.5) is 13.2 Å². The highest BCUT2D eigenvalue weighted by Gasteiger charge is 2.27. The first-order valence-corrected chi connectivity index (χ1v) is 3.47. The molecule has 1 nitrogen and oxygen atoms in total. The molecule has 4 heteroatoms. The lowest BCUT2D eigenvalue weighted by Gasteiger charge is -2.25. The lowest BCUT2D eigenvalue weighted by Crippen LogP contribution is -2.30. The van der Waals surface area contributed by atoms with Crippen LogP contribution in [0.1, 0.15) is 19.3 Å². The van der Waals surface area contributed by atoms with E-state index in [1.165, 1.54) is 6.08 Å². The normalized spacial score (nSPS) is 24.7. The Bertz CT molecular complexity index is 163. The highest BCUT2D eigenvalue weighted by atomic mass is 19.4. The smallest absolute Gasteiger partial charge is 0.327 e. The molecule has 2 N–H and O–H groups in total. The van der Waals surface area contributed by atoms with E-state index in [9.17, 15) is 13.2 Å². The molecule has 1 saturated carbocycles. The zero-order chi connectivity index (χ0) is 8.48. The Balaban J connectivity index is 2.27. The maximum Gasteiger partial charge on any atom is 0.392 e. The van der Waals surface area contributed by atoms with E-state index in [1.54, 1.807) is 0 Å². The summed E-state index contributed by atoms with van der Waals surface area (Å²) < 4.78 is 34.8. The van der Waals surface area contributed by atoms with Gasteiger partial charge < -0.3 is 5.73 Å². The van der Waals surface area contributed by atoms with Crippen LogP contribution in [-0.4, -0.2) is 12.2 Å². The van der Waals surface area contributed by atoms with Crippen molar-refractivity contribution in [2.75, 3.05) is 0 Å². The fourth-order valence-corrected chi connectivity index (χ4v) is 1.04. The van der Waals surface area contributed by atoms with Gasteiger partial charge in [-0.3, -0.25) is 0 Å². The fourth-order valence-electron chi connectivity index (χ4n) is 1.04. The standard InChI is InChI=1S/C7H10F3N/c8-7(9,10)2-1-5-3-6(11)4-5/h1,6H,2-4,11H2. The largest absolute Gasteiger partial charge is 0.392 e. The maximum absolute atomic E-state index is 11.6. The van der Waals surface area contributed by atoms with Gasteiger partial charge in [0.1, 0.15) is 0 Å². The van der Waals surface area contributed by atoms with Gasteiger partial charge in [-0.2, -0.15) is 13.2 Å². The third-order valence-corrected chi connectivity index (χ3v) is 1.67. The molecule has 0 aromatic rings. The fraction of sp³-hybridized carbons (Fsp3) is 0.714. The van der Waals surface area contributed by atoms with Crippen molar-refractivity contribution in [2.45, 2.75) is 31.5 Å². The summed E-state index contributed by atoms with van der Waals surface area (Å²) in [7, 11) is 0. The van der Waals surface area contributed by atoms with Crippen LogP contribution in [-0.2, 0) is 0 Å². The third-order valence-electron chi connectivity index (χ3n) is 1.67. The van der Waals surface area contributed by atoms with Crippen molar-refractivity contribution in [3.63, 3.8) is 0 Å². The molecule has 0 unspecified atom stereocenters. The Morgan fingerprint density at radius 2 is 2.00 bits per heavy atom. The molecule has 0 saturated heterocycles. The second-order valence-electron chi connectivity index (χ2n) is 2.85. The van der Waals surface area contributed by atoms with Crippen molar-refractivity contribution in [2.24, 2.45) is 5.73 Å². The van der Waals surface area contributed by atoms with Crippen molar-refractivity contribution in [1.29, 1.82) is 0 Å². The average molecular weight is 165 g/mol. The van der Waals surface area contributed by atoms with Gasteiger partial charge in [-0.15, -0.1) is 0 Å². The van der Waals surface area contributed by atoms with Gasteiger partial charge in [-0.1, -0.05) is 11.6 Å². The van der Waals surface area contributed by atoms with Gasteiger partial charge in [-0.25, -0.2) is 0 Å². The Kier molecular flexibility index (Phi) is 2.23. The second-order valence-corrected chi connectivity index (χ2v) is 2.85. The van der Waals surface area contributed by atoms with Crippen LogP contribution < -0.4 is 5.73 Å². The number of rotatable bonds is 1. The maximum atomic E-state index is 11.6. The van der Waals surface area contributed by atoms with Crippen LogP contribution in [0.15, 0.2) is 11.6 Å². The minimum Gasteiger partial charge on any atom is -0.327 e. The van der Waals surface area contributed by atoms with Crippen LogP contribution in [0.5, 0.6) is 0 Å². The highest BCUT2D eigenvalue weighted by molar-refractivity contribution is 5.15. The van der Waals surface area contributed by atoms with Gasteiger partial charge in [0, 0.05) is 6.04 Å². The molecular weight excluding hydrogens is 155 g/mol. The van der Waals surface area contributed by atoms with Gasteiger partial charge in [0.15, 0.2) is 0 Å². The number of halogens is 3. The SMILES string of the molecule is NC1CC(=CCC(F)(F)F)C1. The summed E-state index contributed by atoms with van der Waals surface area (Å²) in [4.78, 5) is 0. The Labute approximate surface area is 63.1 Å². The molecule has 0 bridgehead atoms. The Morgan fingerprint density at radius 1 is 1.45 bits per heavy atom. The molecule has 1 aliphatic carbocycles. The van der Waals surface area contributed by atoms with E-state index < -0.39 is 12.6 Å². The lowest BCUT2D eigenvalue weighted by molar-refractivity contribution is -0.125. The Morgan fingerprint density at radius 3 is 2.36 bits per heavy atom. The predicted molar refractivity (Wildman–Crippen MR) is 36.0 cm³/mol. The van der Waals surface area contributed by atoms with Crippen molar-refractivity contribution in [3.8, 4) is 0 Å². The third kappa shape index (κ3) is 2.93. The minimum atomic E-state index is -4.06. The quantitative estimate of drug-likeness (QED) is 0.591. The number of nitrogens with two attached hydrogens (primary N) is 1. The van der Waals surface area contributed by atoms with Gasteiger partial charge in [0.25, 0.3) is 0 Å². The van der Waals surface area contributed by atoms with Gasteiger partial charge in [0.05, 0.1) is 6.42 Å². The van der Waals surface area contributed by atoms with Crippen LogP contribution >= 0.6 is 0 Å².